The number of carboxylic acid groups (broad SMARTS) is 1. The summed E-state index contributed by atoms with van der Waals surface area (Å²) >= 11 is 1.70. The lowest BCUT2D eigenvalue weighted by atomic mass is 9.81. The summed E-state index contributed by atoms with van der Waals surface area (Å²) in [6.45, 7) is 3.75. The molecule has 0 aromatic carbocycles. The van der Waals surface area contributed by atoms with E-state index in [1.807, 2.05) is 18.4 Å². The number of fused-ring (bicyclic) bond motifs is 1. The smallest absolute Gasteiger partial charge is 0.311 e. The summed E-state index contributed by atoms with van der Waals surface area (Å²) < 4.78 is 0. The van der Waals surface area contributed by atoms with Crippen LogP contribution in [0.2, 0.25) is 0 Å². The zero-order valence-corrected chi connectivity index (χ0v) is 15.5. The van der Waals surface area contributed by atoms with Crippen LogP contribution in [0.3, 0.4) is 0 Å². The van der Waals surface area contributed by atoms with Gasteiger partial charge in [-0.1, -0.05) is 12.5 Å². The van der Waals surface area contributed by atoms with Gasteiger partial charge < -0.3 is 10.4 Å². The van der Waals surface area contributed by atoms with E-state index in [4.69, 9.17) is 0 Å². The maximum absolute atomic E-state index is 12.4. The lowest BCUT2D eigenvalue weighted by Gasteiger charge is -2.26. The van der Waals surface area contributed by atoms with Gasteiger partial charge in [0.1, 0.15) is 0 Å². The summed E-state index contributed by atoms with van der Waals surface area (Å²) in [4.78, 5) is 27.4. The zero-order chi connectivity index (χ0) is 16.4. The highest BCUT2D eigenvalue weighted by Gasteiger charge is 2.55. The van der Waals surface area contributed by atoms with Crippen molar-refractivity contribution in [3.05, 3.63) is 22.4 Å². The fraction of sp³-hybridized carbons (Fsp3) is 0.647. The third-order valence-electron chi connectivity index (χ3n) is 5.50. The second kappa shape index (κ2) is 7.85. The predicted molar refractivity (Wildman–Crippen MR) is 96.7 cm³/mol. The molecule has 3 atom stereocenters. The number of likely N-dealkylation sites (tertiary alicyclic amines) is 1. The molecule has 5 nitrogen and oxygen atoms in total. The molecule has 2 aliphatic rings. The molecule has 1 saturated carbocycles. The Hall–Kier alpha value is -1.11. The molecule has 1 aromatic rings. The Morgan fingerprint density at radius 2 is 2.33 bits per heavy atom. The number of rotatable bonds is 6. The SMILES string of the molecule is CC(C(=O)NCCc1cccs1)N1C[C@@H]2CCC[C@@]2(C(=O)O)C1.Cl. The molecule has 0 radical (unpaired) electrons. The van der Waals surface area contributed by atoms with Crippen molar-refractivity contribution in [3.63, 3.8) is 0 Å². The molecular formula is C17H25ClN2O3S. The average molecular weight is 373 g/mol. The van der Waals surface area contributed by atoms with E-state index in [0.29, 0.717) is 13.1 Å². The van der Waals surface area contributed by atoms with Crippen LogP contribution in [0, 0.1) is 11.3 Å². The summed E-state index contributed by atoms with van der Waals surface area (Å²) in [5.74, 6) is -0.490. The highest BCUT2D eigenvalue weighted by Crippen LogP contribution is 2.49. The summed E-state index contributed by atoms with van der Waals surface area (Å²) in [5.41, 5.74) is -0.620. The van der Waals surface area contributed by atoms with Crippen LogP contribution in [0.4, 0.5) is 0 Å². The van der Waals surface area contributed by atoms with E-state index < -0.39 is 11.4 Å². The van der Waals surface area contributed by atoms with E-state index in [-0.39, 0.29) is 30.3 Å². The molecule has 1 aliphatic carbocycles. The maximum Gasteiger partial charge on any atom is 0.311 e. The minimum Gasteiger partial charge on any atom is -0.481 e. The topological polar surface area (TPSA) is 69.6 Å². The van der Waals surface area contributed by atoms with Crippen LogP contribution in [-0.4, -0.2) is 47.6 Å². The number of carbonyl (C=O) groups is 2. The molecule has 0 bridgehead atoms. The Bertz CT molecular complexity index is 580. The molecule has 1 aliphatic heterocycles. The lowest BCUT2D eigenvalue weighted by Crippen LogP contribution is -2.46. The van der Waals surface area contributed by atoms with Crippen molar-refractivity contribution in [2.45, 2.75) is 38.6 Å². The fourth-order valence-electron chi connectivity index (χ4n) is 4.05. The van der Waals surface area contributed by atoms with Gasteiger partial charge in [0, 0.05) is 24.5 Å². The van der Waals surface area contributed by atoms with Gasteiger partial charge in [0.2, 0.25) is 5.91 Å². The normalized spacial score (nSPS) is 27.3. The summed E-state index contributed by atoms with van der Waals surface area (Å²) in [6.07, 6.45) is 3.55. The minimum atomic E-state index is -0.687. The van der Waals surface area contributed by atoms with Crippen molar-refractivity contribution >= 4 is 35.6 Å². The van der Waals surface area contributed by atoms with Crippen molar-refractivity contribution < 1.29 is 14.7 Å². The van der Waals surface area contributed by atoms with Crippen LogP contribution in [-0.2, 0) is 16.0 Å². The molecule has 134 valence electrons. The van der Waals surface area contributed by atoms with Gasteiger partial charge in [0.05, 0.1) is 11.5 Å². The number of hydrogen-bond acceptors (Lipinski definition) is 4. The van der Waals surface area contributed by atoms with Crippen molar-refractivity contribution in [1.82, 2.24) is 10.2 Å². The number of carboxylic acids is 1. The number of hydrogen-bond donors (Lipinski definition) is 2. The third-order valence-corrected chi connectivity index (χ3v) is 6.44. The van der Waals surface area contributed by atoms with E-state index in [0.717, 1.165) is 32.2 Å². The van der Waals surface area contributed by atoms with E-state index in [1.54, 1.807) is 11.3 Å². The molecule has 1 aromatic heterocycles. The molecule has 0 spiro atoms. The maximum atomic E-state index is 12.4. The summed E-state index contributed by atoms with van der Waals surface area (Å²) in [7, 11) is 0. The fourth-order valence-corrected chi connectivity index (χ4v) is 4.76. The Balaban J connectivity index is 0.00000208. The third kappa shape index (κ3) is 3.60. The van der Waals surface area contributed by atoms with E-state index >= 15 is 0 Å². The number of amides is 1. The molecular weight excluding hydrogens is 348 g/mol. The quantitative estimate of drug-likeness (QED) is 0.804. The van der Waals surface area contributed by atoms with Gasteiger partial charge in [-0.25, -0.2) is 0 Å². The van der Waals surface area contributed by atoms with Crippen molar-refractivity contribution in [2.75, 3.05) is 19.6 Å². The number of thiophene rings is 1. The van der Waals surface area contributed by atoms with Crippen LogP contribution in [0.1, 0.15) is 31.1 Å². The Labute approximate surface area is 152 Å². The van der Waals surface area contributed by atoms with Crippen LogP contribution >= 0.6 is 23.7 Å². The summed E-state index contributed by atoms with van der Waals surface area (Å²) in [6, 6.07) is 3.82. The Kier molecular flexibility index (Phi) is 6.28. The van der Waals surface area contributed by atoms with Crippen LogP contribution < -0.4 is 5.32 Å². The highest BCUT2D eigenvalue weighted by atomic mass is 35.5. The molecule has 3 rings (SSSR count). The van der Waals surface area contributed by atoms with Gasteiger partial charge >= 0.3 is 5.97 Å². The second-order valence-electron chi connectivity index (χ2n) is 6.78. The molecule has 1 unspecified atom stereocenters. The number of nitrogens with zero attached hydrogens (tertiary/aromatic N) is 1. The molecule has 2 heterocycles. The zero-order valence-electron chi connectivity index (χ0n) is 13.9. The average Bonchev–Trinajstić information content (AvgIpc) is 3.21. The standard InChI is InChI=1S/C17H24N2O3S.ClH/c1-12(15(20)18-8-6-14-5-3-9-23-14)19-10-13-4-2-7-17(13,11-19)16(21)22;/h3,5,9,12-13H,2,4,6-8,10-11H2,1H3,(H,18,20)(H,21,22);1H/t12?,13-,17+;/m0./s1. The molecule has 24 heavy (non-hydrogen) atoms. The van der Waals surface area contributed by atoms with Gasteiger partial charge in [-0.15, -0.1) is 23.7 Å². The number of halogens is 1. The lowest BCUT2D eigenvalue weighted by molar-refractivity contribution is -0.149. The van der Waals surface area contributed by atoms with E-state index in [9.17, 15) is 14.7 Å². The monoisotopic (exact) mass is 372 g/mol. The van der Waals surface area contributed by atoms with Crippen LogP contribution in [0.25, 0.3) is 0 Å². The van der Waals surface area contributed by atoms with E-state index in [1.165, 1.54) is 4.88 Å². The number of aliphatic carboxylic acids is 1. The molecule has 2 fully saturated rings. The first-order valence-electron chi connectivity index (χ1n) is 8.30. The molecule has 1 saturated heterocycles. The van der Waals surface area contributed by atoms with Crippen LogP contribution in [0.5, 0.6) is 0 Å². The minimum absolute atomic E-state index is 0. The van der Waals surface area contributed by atoms with Gasteiger partial charge in [-0.2, -0.15) is 0 Å². The predicted octanol–water partition coefficient (Wildman–Crippen LogP) is 2.40. The van der Waals surface area contributed by atoms with Gasteiger partial charge in [0.25, 0.3) is 0 Å². The van der Waals surface area contributed by atoms with Crippen molar-refractivity contribution in [1.29, 1.82) is 0 Å². The van der Waals surface area contributed by atoms with Crippen molar-refractivity contribution in [3.8, 4) is 0 Å². The van der Waals surface area contributed by atoms with Crippen molar-refractivity contribution in [2.24, 2.45) is 11.3 Å². The largest absolute Gasteiger partial charge is 0.481 e. The summed E-state index contributed by atoms with van der Waals surface area (Å²) in [5, 5.41) is 14.7. The van der Waals surface area contributed by atoms with Gasteiger partial charge in [-0.05, 0) is 43.6 Å². The first kappa shape index (κ1) is 19.2. The Morgan fingerprint density at radius 1 is 1.54 bits per heavy atom. The molecule has 7 heteroatoms. The first-order chi connectivity index (χ1) is 11.0. The van der Waals surface area contributed by atoms with Crippen LogP contribution in [0.15, 0.2) is 17.5 Å². The number of nitrogens with one attached hydrogen (secondary N) is 1. The highest BCUT2D eigenvalue weighted by molar-refractivity contribution is 7.09. The molecule has 1 amide bonds. The number of carbonyl (C=O) groups excluding carboxylic acids is 1. The Morgan fingerprint density at radius 3 is 2.96 bits per heavy atom. The van der Waals surface area contributed by atoms with Gasteiger partial charge in [-0.3, -0.25) is 14.5 Å². The molecule has 2 N–H and O–H groups in total. The van der Waals surface area contributed by atoms with Gasteiger partial charge in [0.15, 0.2) is 0 Å². The first-order valence-corrected chi connectivity index (χ1v) is 9.18. The van der Waals surface area contributed by atoms with E-state index in [2.05, 4.69) is 16.3 Å². The second-order valence-corrected chi connectivity index (χ2v) is 7.81.